The van der Waals surface area contributed by atoms with Crippen LogP contribution in [0, 0.1) is 0 Å². The van der Waals surface area contributed by atoms with E-state index in [-0.39, 0.29) is 5.75 Å². The topological polar surface area (TPSA) is 104 Å². The molecule has 0 saturated carbocycles. The molecule has 6 heteroatoms. The first-order valence-electron chi connectivity index (χ1n) is 16.5. The lowest BCUT2D eigenvalue weighted by Crippen LogP contribution is -1.90. The first kappa shape index (κ1) is 29.2. The van der Waals surface area contributed by atoms with Gasteiger partial charge in [-0.1, -0.05) is 97.1 Å². The van der Waals surface area contributed by atoms with Crippen LogP contribution in [0.25, 0.3) is 90.9 Å². The molecule has 2 aliphatic heterocycles. The van der Waals surface area contributed by atoms with E-state index >= 15 is 0 Å². The van der Waals surface area contributed by atoms with Crippen molar-refractivity contribution in [3.63, 3.8) is 0 Å². The van der Waals surface area contributed by atoms with Crippen molar-refractivity contribution in [3.8, 4) is 50.3 Å². The number of aromatic amines is 2. The maximum Gasteiger partial charge on any atom is 0.139 e. The largest absolute Gasteiger partial charge is 0.506 e. The average molecular weight is 646 g/mol. The van der Waals surface area contributed by atoms with Gasteiger partial charge in [0, 0.05) is 44.3 Å². The Kier molecular flexibility index (Phi) is 6.99. The minimum atomic E-state index is 0.0201. The highest BCUT2D eigenvalue weighted by atomic mass is 16.3. The molecule has 50 heavy (non-hydrogen) atoms. The van der Waals surface area contributed by atoms with Gasteiger partial charge in [-0.05, 0) is 83.0 Å². The Morgan fingerprint density at radius 1 is 0.400 bits per heavy atom. The number of phenols is 1. The predicted octanol–water partition coefficient (Wildman–Crippen LogP) is 10.6. The molecule has 2 aliphatic rings. The lowest BCUT2D eigenvalue weighted by molar-refractivity contribution is 0.478. The van der Waals surface area contributed by atoms with Crippen molar-refractivity contribution in [2.24, 2.45) is 0 Å². The first-order chi connectivity index (χ1) is 24.6. The number of nitrogen functional groups attached to an aromatic ring is 1. The molecule has 0 fully saturated rings. The van der Waals surface area contributed by atoms with E-state index in [2.05, 4.69) is 101 Å². The molecular formula is C44H31N5O. The van der Waals surface area contributed by atoms with Crippen molar-refractivity contribution in [2.45, 2.75) is 0 Å². The van der Waals surface area contributed by atoms with E-state index in [1.807, 2.05) is 54.6 Å². The Morgan fingerprint density at radius 3 is 1.08 bits per heavy atom. The van der Waals surface area contributed by atoms with E-state index in [0.29, 0.717) is 5.69 Å². The smallest absolute Gasteiger partial charge is 0.139 e. The second kappa shape index (κ2) is 12.0. The van der Waals surface area contributed by atoms with Crippen molar-refractivity contribution in [1.29, 1.82) is 0 Å². The van der Waals surface area contributed by atoms with Crippen LogP contribution in [0.3, 0.4) is 0 Å². The second-order valence-corrected chi connectivity index (χ2v) is 12.4. The number of fused-ring (bicyclic) bond motifs is 8. The minimum absolute atomic E-state index is 0.0201. The van der Waals surface area contributed by atoms with Gasteiger partial charge in [0.25, 0.3) is 0 Å². The third-order valence-corrected chi connectivity index (χ3v) is 9.26. The standard InChI is InChI=1S/C44H31N5O/c45-31-17-16-30(26-40(31)50)44-38-24-22-36(48-38)42(28-12-6-2-7-13-28)34-20-18-32(46-34)41(27-10-4-1-5-11-27)33-19-21-35(47-33)43(29-14-8-3-9-15-29)37-23-25-39(44)49-37/h1-26,46,49-50H,45H2. The summed E-state index contributed by atoms with van der Waals surface area (Å²) in [5, 5.41) is 10.7. The van der Waals surface area contributed by atoms with Gasteiger partial charge in [-0.3, -0.25) is 0 Å². The number of phenolic OH excluding ortho intramolecular Hbond substituents is 1. The molecule has 0 spiro atoms. The van der Waals surface area contributed by atoms with Crippen molar-refractivity contribution in [3.05, 3.63) is 156 Å². The Labute approximate surface area is 288 Å². The molecular weight excluding hydrogens is 615 g/mol. The maximum atomic E-state index is 10.7. The predicted molar refractivity (Wildman–Crippen MR) is 207 cm³/mol. The minimum Gasteiger partial charge on any atom is -0.506 e. The van der Waals surface area contributed by atoms with Gasteiger partial charge in [0.15, 0.2) is 0 Å². The van der Waals surface area contributed by atoms with Gasteiger partial charge in [0.05, 0.1) is 28.5 Å². The number of anilines is 1. The highest BCUT2D eigenvalue weighted by Gasteiger charge is 2.19. The number of nitrogens with one attached hydrogen (secondary N) is 2. The Bertz CT molecular complexity index is 2610. The van der Waals surface area contributed by atoms with Crippen molar-refractivity contribution in [2.75, 3.05) is 5.73 Å². The lowest BCUT2D eigenvalue weighted by atomic mass is 10.0. The van der Waals surface area contributed by atoms with Crippen LogP contribution in [0.1, 0.15) is 22.8 Å². The van der Waals surface area contributed by atoms with Crippen molar-refractivity contribution >= 4 is 52.1 Å². The van der Waals surface area contributed by atoms with E-state index in [0.717, 1.165) is 89.4 Å². The summed E-state index contributed by atoms with van der Waals surface area (Å²) in [7, 11) is 0. The fourth-order valence-electron chi connectivity index (χ4n) is 6.93. The number of hydrogen-bond donors (Lipinski definition) is 4. The van der Waals surface area contributed by atoms with Crippen LogP contribution in [-0.2, 0) is 0 Å². The van der Waals surface area contributed by atoms with E-state index < -0.39 is 0 Å². The number of aromatic hydroxyl groups is 1. The van der Waals surface area contributed by atoms with Gasteiger partial charge in [0.1, 0.15) is 5.75 Å². The molecule has 0 radical (unpaired) electrons. The number of benzene rings is 4. The molecule has 3 aromatic heterocycles. The Hall–Kier alpha value is -6.92. The third-order valence-electron chi connectivity index (χ3n) is 9.26. The second-order valence-electron chi connectivity index (χ2n) is 12.4. The molecule has 4 aromatic carbocycles. The van der Waals surface area contributed by atoms with Crippen LogP contribution in [0.4, 0.5) is 5.69 Å². The number of aromatic nitrogens is 4. The van der Waals surface area contributed by atoms with Gasteiger partial charge in [-0.15, -0.1) is 0 Å². The summed E-state index contributed by atoms with van der Waals surface area (Å²) in [6, 6.07) is 44.8. The van der Waals surface area contributed by atoms with Crippen LogP contribution in [0.2, 0.25) is 0 Å². The molecule has 0 saturated heterocycles. The van der Waals surface area contributed by atoms with Crippen molar-refractivity contribution in [1.82, 2.24) is 19.9 Å². The van der Waals surface area contributed by atoms with Crippen LogP contribution >= 0.6 is 0 Å². The molecule has 9 rings (SSSR count). The Morgan fingerprint density at radius 2 is 0.740 bits per heavy atom. The summed E-state index contributed by atoms with van der Waals surface area (Å²) in [4.78, 5) is 18.1. The Balaban J connectivity index is 1.48. The quantitative estimate of drug-likeness (QED) is 0.113. The molecule has 238 valence electrons. The highest BCUT2D eigenvalue weighted by molar-refractivity contribution is 6.00. The third kappa shape index (κ3) is 5.07. The normalized spacial score (nSPS) is 12.0. The van der Waals surface area contributed by atoms with Gasteiger partial charge >= 0.3 is 0 Å². The maximum absolute atomic E-state index is 10.7. The van der Waals surface area contributed by atoms with E-state index in [1.54, 1.807) is 12.1 Å². The molecule has 7 aromatic rings. The van der Waals surface area contributed by atoms with Gasteiger partial charge in [-0.2, -0.15) is 0 Å². The summed E-state index contributed by atoms with van der Waals surface area (Å²) in [6.07, 6.45) is 8.30. The highest BCUT2D eigenvalue weighted by Crippen LogP contribution is 2.39. The van der Waals surface area contributed by atoms with E-state index in [4.69, 9.17) is 15.7 Å². The number of rotatable bonds is 4. The zero-order valence-electron chi connectivity index (χ0n) is 26.9. The summed E-state index contributed by atoms with van der Waals surface area (Å²) in [5.41, 5.74) is 21.1. The van der Waals surface area contributed by atoms with Crippen LogP contribution in [-0.4, -0.2) is 25.0 Å². The van der Waals surface area contributed by atoms with Gasteiger partial charge < -0.3 is 20.8 Å². The van der Waals surface area contributed by atoms with Crippen LogP contribution in [0.15, 0.2) is 133 Å². The average Bonchev–Trinajstić information content (AvgIpc) is 3.99. The number of nitrogens with zero attached hydrogens (tertiary/aromatic N) is 2. The molecule has 0 atom stereocenters. The lowest BCUT2D eigenvalue weighted by Gasteiger charge is -2.07. The zero-order chi connectivity index (χ0) is 33.6. The first-order valence-corrected chi connectivity index (χ1v) is 16.5. The molecule has 8 bridgehead atoms. The molecule has 0 aliphatic carbocycles. The fourth-order valence-corrected chi connectivity index (χ4v) is 6.93. The molecule has 5 heterocycles. The van der Waals surface area contributed by atoms with Crippen LogP contribution in [0.5, 0.6) is 5.75 Å². The fraction of sp³-hybridized carbons (Fsp3) is 0. The van der Waals surface area contributed by atoms with E-state index in [9.17, 15) is 5.11 Å². The SMILES string of the molecule is Nc1ccc(-c2c3nc(c(-c4ccccc4)c4ccc([nH]4)c(-c4ccccc4)c4nc(c(-c5ccccc5)c5ccc2[nH]5)C=C4)C=C3)cc1O. The molecule has 0 amide bonds. The molecule has 0 unspecified atom stereocenters. The zero-order valence-corrected chi connectivity index (χ0v) is 26.9. The van der Waals surface area contributed by atoms with Crippen LogP contribution < -0.4 is 5.73 Å². The number of nitrogens with two attached hydrogens (primary N) is 1. The van der Waals surface area contributed by atoms with E-state index in [1.165, 1.54) is 0 Å². The number of H-pyrrole nitrogens is 2. The summed E-state index contributed by atoms with van der Waals surface area (Å²) in [6.45, 7) is 0. The molecule has 5 N–H and O–H groups in total. The monoisotopic (exact) mass is 645 g/mol. The number of hydrogen-bond acceptors (Lipinski definition) is 4. The molecule has 6 nitrogen and oxygen atoms in total. The summed E-state index contributed by atoms with van der Waals surface area (Å²) < 4.78 is 0. The van der Waals surface area contributed by atoms with Gasteiger partial charge in [0.2, 0.25) is 0 Å². The summed E-state index contributed by atoms with van der Waals surface area (Å²) >= 11 is 0. The van der Waals surface area contributed by atoms with Crippen molar-refractivity contribution < 1.29 is 5.11 Å². The summed E-state index contributed by atoms with van der Waals surface area (Å²) in [5.74, 6) is 0.0201. The van der Waals surface area contributed by atoms with Gasteiger partial charge in [-0.25, -0.2) is 9.97 Å².